The number of hydrogen-bond acceptors (Lipinski definition) is 4. The fourth-order valence-corrected chi connectivity index (χ4v) is 2.76. The van der Waals surface area contributed by atoms with Gasteiger partial charge in [0.25, 0.3) is 0 Å². The van der Waals surface area contributed by atoms with Gasteiger partial charge in [-0.25, -0.2) is 13.6 Å². The molecule has 6 heteroatoms. The molecule has 0 amide bonds. The van der Waals surface area contributed by atoms with Gasteiger partial charge in [-0.1, -0.05) is 24.3 Å². The number of anilines is 1. The monoisotopic (exact) mass is 279 g/mol. The third kappa shape index (κ3) is 3.04. The molecule has 0 unspecified atom stereocenters. The molecular weight excluding hydrogens is 262 g/mol. The molecule has 0 aliphatic heterocycles. The molecule has 2 rings (SSSR count). The Hall–Kier alpha value is -1.63. The molecule has 2 aromatic carbocycles. The van der Waals surface area contributed by atoms with Gasteiger partial charge >= 0.3 is 0 Å². The SMILES string of the molecule is CNCCNc1cccc2c(S(N)(=O)=O)cccc12. The van der Waals surface area contributed by atoms with E-state index in [-0.39, 0.29) is 4.90 Å². The van der Waals surface area contributed by atoms with E-state index in [0.29, 0.717) is 5.39 Å². The molecule has 2 aromatic rings. The van der Waals surface area contributed by atoms with Gasteiger partial charge in [0.05, 0.1) is 4.90 Å². The first-order valence-electron chi connectivity index (χ1n) is 5.97. The van der Waals surface area contributed by atoms with Crippen LogP contribution in [-0.2, 0) is 10.0 Å². The molecule has 0 saturated carbocycles. The summed E-state index contributed by atoms with van der Waals surface area (Å²) in [5, 5.41) is 13.0. The van der Waals surface area contributed by atoms with E-state index in [1.807, 2.05) is 25.2 Å². The van der Waals surface area contributed by atoms with Crippen LogP contribution >= 0.6 is 0 Å². The number of sulfonamides is 1. The molecular formula is C13H17N3O2S. The van der Waals surface area contributed by atoms with E-state index < -0.39 is 10.0 Å². The van der Waals surface area contributed by atoms with E-state index in [0.717, 1.165) is 24.2 Å². The summed E-state index contributed by atoms with van der Waals surface area (Å²) in [5.74, 6) is 0. The maximum absolute atomic E-state index is 11.6. The van der Waals surface area contributed by atoms with Gasteiger partial charge < -0.3 is 10.6 Å². The highest BCUT2D eigenvalue weighted by atomic mass is 32.2. The Morgan fingerprint density at radius 1 is 1.05 bits per heavy atom. The minimum atomic E-state index is -3.71. The summed E-state index contributed by atoms with van der Waals surface area (Å²) in [6.45, 7) is 1.58. The molecule has 5 nitrogen and oxygen atoms in total. The van der Waals surface area contributed by atoms with Crippen LogP contribution in [0.15, 0.2) is 41.3 Å². The molecule has 0 aliphatic rings. The molecule has 0 bridgehead atoms. The molecule has 19 heavy (non-hydrogen) atoms. The smallest absolute Gasteiger partial charge is 0.238 e. The van der Waals surface area contributed by atoms with Gasteiger partial charge in [0.1, 0.15) is 0 Å². The van der Waals surface area contributed by atoms with E-state index in [2.05, 4.69) is 10.6 Å². The maximum atomic E-state index is 11.6. The van der Waals surface area contributed by atoms with E-state index in [1.165, 1.54) is 6.07 Å². The van der Waals surface area contributed by atoms with E-state index in [9.17, 15) is 8.42 Å². The number of fused-ring (bicyclic) bond motifs is 1. The second kappa shape index (κ2) is 5.56. The molecule has 0 fully saturated rings. The van der Waals surface area contributed by atoms with Crippen LogP contribution in [0, 0.1) is 0 Å². The average molecular weight is 279 g/mol. The van der Waals surface area contributed by atoms with Crippen LogP contribution in [0.1, 0.15) is 0 Å². The lowest BCUT2D eigenvalue weighted by atomic mass is 10.1. The van der Waals surface area contributed by atoms with Gasteiger partial charge in [-0.05, 0) is 19.2 Å². The number of rotatable bonds is 5. The Balaban J connectivity index is 2.52. The van der Waals surface area contributed by atoms with Crippen molar-refractivity contribution in [1.82, 2.24) is 5.32 Å². The first-order chi connectivity index (χ1) is 9.04. The van der Waals surface area contributed by atoms with Crippen molar-refractivity contribution in [3.63, 3.8) is 0 Å². The quantitative estimate of drug-likeness (QED) is 0.716. The van der Waals surface area contributed by atoms with Crippen LogP contribution in [0.5, 0.6) is 0 Å². The second-order valence-electron chi connectivity index (χ2n) is 4.23. The summed E-state index contributed by atoms with van der Waals surface area (Å²) in [6, 6.07) is 10.6. The predicted octanol–water partition coefficient (Wildman–Crippen LogP) is 1.12. The van der Waals surface area contributed by atoms with Crippen molar-refractivity contribution < 1.29 is 8.42 Å². The van der Waals surface area contributed by atoms with Gasteiger partial charge in [-0.3, -0.25) is 0 Å². The molecule has 0 spiro atoms. The lowest BCUT2D eigenvalue weighted by Crippen LogP contribution is -2.18. The lowest BCUT2D eigenvalue weighted by Gasteiger charge is -2.11. The zero-order valence-corrected chi connectivity index (χ0v) is 11.5. The third-order valence-electron chi connectivity index (χ3n) is 2.88. The van der Waals surface area contributed by atoms with Gasteiger partial charge in [-0.2, -0.15) is 0 Å². The first-order valence-corrected chi connectivity index (χ1v) is 7.51. The summed E-state index contributed by atoms with van der Waals surface area (Å²) in [4.78, 5) is 0.155. The van der Waals surface area contributed by atoms with E-state index >= 15 is 0 Å². The molecule has 0 heterocycles. The van der Waals surface area contributed by atoms with Gasteiger partial charge in [0, 0.05) is 29.5 Å². The minimum Gasteiger partial charge on any atom is -0.383 e. The fraction of sp³-hybridized carbons (Fsp3) is 0.231. The van der Waals surface area contributed by atoms with Crippen LogP contribution in [-0.4, -0.2) is 28.6 Å². The topological polar surface area (TPSA) is 84.2 Å². The van der Waals surface area contributed by atoms with Crippen LogP contribution < -0.4 is 15.8 Å². The highest BCUT2D eigenvalue weighted by Gasteiger charge is 2.13. The van der Waals surface area contributed by atoms with Crippen molar-refractivity contribution in [3.05, 3.63) is 36.4 Å². The van der Waals surface area contributed by atoms with Crippen molar-refractivity contribution in [3.8, 4) is 0 Å². The van der Waals surface area contributed by atoms with Crippen LogP contribution in [0.3, 0.4) is 0 Å². The zero-order chi connectivity index (χ0) is 13.9. The predicted molar refractivity (Wildman–Crippen MR) is 77.7 cm³/mol. The normalized spacial score (nSPS) is 11.7. The van der Waals surface area contributed by atoms with E-state index in [1.54, 1.807) is 12.1 Å². The molecule has 0 radical (unpaired) electrons. The molecule has 0 aliphatic carbocycles. The van der Waals surface area contributed by atoms with Crippen molar-refractivity contribution in [2.24, 2.45) is 5.14 Å². The molecule has 102 valence electrons. The van der Waals surface area contributed by atoms with Crippen molar-refractivity contribution >= 4 is 26.5 Å². The first kappa shape index (κ1) is 13.8. The standard InChI is InChI=1S/C13H17N3O2S/c1-15-8-9-16-12-6-2-5-11-10(12)4-3-7-13(11)19(14,17)18/h2-7,15-16H,8-9H2,1H3,(H2,14,17,18). The summed E-state index contributed by atoms with van der Waals surface area (Å²) in [5.41, 5.74) is 0.901. The summed E-state index contributed by atoms with van der Waals surface area (Å²) in [6.07, 6.45) is 0. The van der Waals surface area contributed by atoms with Gasteiger partial charge in [0.15, 0.2) is 0 Å². The van der Waals surface area contributed by atoms with Gasteiger partial charge in [0.2, 0.25) is 10.0 Å². The number of likely N-dealkylation sites (N-methyl/N-ethyl adjacent to an activating group) is 1. The molecule has 0 saturated heterocycles. The zero-order valence-electron chi connectivity index (χ0n) is 10.7. The Bertz CT molecular complexity index is 683. The molecule has 0 atom stereocenters. The highest BCUT2D eigenvalue weighted by molar-refractivity contribution is 7.89. The van der Waals surface area contributed by atoms with Crippen LogP contribution in [0.4, 0.5) is 5.69 Å². The Kier molecular flexibility index (Phi) is 4.04. The maximum Gasteiger partial charge on any atom is 0.238 e. The molecule has 4 N–H and O–H groups in total. The third-order valence-corrected chi connectivity index (χ3v) is 3.85. The van der Waals surface area contributed by atoms with Crippen LogP contribution in [0.25, 0.3) is 10.8 Å². The van der Waals surface area contributed by atoms with Gasteiger partial charge in [-0.15, -0.1) is 0 Å². The molecule has 0 aromatic heterocycles. The largest absolute Gasteiger partial charge is 0.383 e. The number of nitrogens with one attached hydrogen (secondary N) is 2. The Morgan fingerprint density at radius 3 is 2.42 bits per heavy atom. The van der Waals surface area contributed by atoms with E-state index in [4.69, 9.17) is 5.14 Å². The Labute approximate surface area is 112 Å². The number of nitrogens with two attached hydrogens (primary N) is 1. The average Bonchev–Trinajstić information content (AvgIpc) is 2.37. The number of benzene rings is 2. The van der Waals surface area contributed by atoms with Crippen molar-refractivity contribution in [1.29, 1.82) is 0 Å². The number of primary sulfonamides is 1. The summed E-state index contributed by atoms with van der Waals surface area (Å²) < 4.78 is 23.1. The summed E-state index contributed by atoms with van der Waals surface area (Å²) in [7, 11) is -1.83. The van der Waals surface area contributed by atoms with Crippen molar-refractivity contribution in [2.75, 3.05) is 25.5 Å². The lowest BCUT2D eigenvalue weighted by molar-refractivity contribution is 0.598. The van der Waals surface area contributed by atoms with Crippen LogP contribution in [0.2, 0.25) is 0 Å². The Morgan fingerprint density at radius 2 is 1.74 bits per heavy atom. The number of hydrogen-bond donors (Lipinski definition) is 3. The highest BCUT2D eigenvalue weighted by Crippen LogP contribution is 2.27. The second-order valence-corrected chi connectivity index (χ2v) is 5.76. The fourth-order valence-electron chi connectivity index (χ4n) is 2.01. The summed E-state index contributed by atoms with van der Waals surface area (Å²) >= 11 is 0. The minimum absolute atomic E-state index is 0.155. The van der Waals surface area contributed by atoms with Crippen molar-refractivity contribution in [2.45, 2.75) is 4.90 Å².